The molecule has 0 bridgehead atoms. The Balaban J connectivity index is 2.13. The van der Waals surface area contributed by atoms with Gasteiger partial charge in [0.05, 0.1) is 10.6 Å². The van der Waals surface area contributed by atoms with Crippen molar-refractivity contribution in [3.63, 3.8) is 0 Å². The van der Waals surface area contributed by atoms with Gasteiger partial charge in [-0.05, 0) is 30.3 Å². The maximum atomic E-state index is 13.3. The fourth-order valence-electron chi connectivity index (χ4n) is 2.65. The molecule has 124 valence electrons. The molecular formula is C18H17FN2O2S. The Morgan fingerprint density at radius 1 is 0.917 bits per heavy atom. The summed E-state index contributed by atoms with van der Waals surface area (Å²) in [5, 5.41) is 1.46. The number of sulfonamides is 1. The molecule has 3 aromatic carbocycles. The van der Waals surface area contributed by atoms with Gasteiger partial charge in [0.15, 0.2) is 0 Å². The summed E-state index contributed by atoms with van der Waals surface area (Å²) in [5.41, 5.74) is 1.12. The fraction of sp³-hybridized carbons (Fsp3) is 0.111. The van der Waals surface area contributed by atoms with Crippen molar-refractivity contribution in [2.24, 2.45) is 0 Å². The van der Waals surface area contributed by atoms with Crippen molar-refractivity contribution < 1.29 is 12.8 Å². The Kier molecular flexibility index (Phi) is 4.15. The molecule has 0 aromatic heterocycles. The molecule has 4 nitrogen and oxygen atoms in total. The summed E-state index contributed by atoms with van der Waals surface area (Å²) in [6.07, 6.45) is 0. The molecule has 0 saturated heterocycles. The van der Waals surface area contributed by atoms with Gasteiger partial charge in [-0.2, -0.15) is 0 Å². The van der Waals surface area contributed by atoms with Crippen LogP contribution < -0.4 is 9.62 Å². The van der Waals surface area contributed by atoms with Crippen LogP contribution in [-0.2, 0) is 10.0 Å². The van der Waals surface area contributed by atoms with Crippen LogP contribution in [0.4, 0.5) is 15.8 Å². The molecule has 1 N–H and O–H groups in total. The predicted molar refractivity (Wildman–Crippen MR) is 95.5 cm³/mol. The normalized spacial score (nSPS) is 11.5. The van der Waals surface area contributed by atoms with Gasteiger partial charge in [0.2, 0.25) is 0 Å². The van der Waals surface area contributed by atoms with Crippen LogP contribution >= 0.6 is 0 Å². The number of hydrogen-bond acceptors (Lipinski definition) is 3. The Morgan fingerprint density at radius 3 is 2.29 bits per heavy atom. The molecule has 0 heterocycles. The SMILES string of the molecule is CN(C)c1cccc2c(S(=O)(=O)Nc3cccc(F)c3)cccc12. The Hall–Kier alpha value is -2.60. The van der Waals surface area contributed by atoms with Crippen LogP contribution in [0.25, 0.3) is 10.8 Å². The lowest BCUT2D eigenvalue weighted by molar-refractivity contribution is 0.602. The first-order valence-corrected chi connectivity index (χ1v) is 8.84. The Bertz CT molecular complexity index is 1000. The third-order valence-electron chi connectivity index (χ3n) is 3.71. The first-order chi connectivity index (χ1) is 11.4. The molecular weight excluding hydrogens is 327 g/mol. The van der Waals surface area contributed by atoms with E-state index >= 15 is 0 Å². The van der Waals surface area contributed by atoms with Crippen molar-refractivity contribution in [1.82, 2.24) is 0 Å². The average molecular weight is 344 g/mol. The van der Waals surface area contributed by atoms with E-state index in [1.54, 1.807) is 18.2 Å². The van der Waals surface area contributed by atoms with Crippen molar-refractivity contribution in [1.29, 1.82) is 0 Å². The molecule has 3 aromatic rings. The molecule has 0 saturated carbocycles. The van der Waals surface area contributed by atoms with Gasteiger partial charge in [-0.25, -0.2) is 12.8 Å². The number of hydrogen-bond donors (Lipinski definition) is 1. The third kappa shape index (κ3) is 3.05. The lowest BCUT2D eigenvalue weighted by Crippen LogP contribution is -2.14. The van der Waals surface area contributed by atoms with E-state index in [9.17, 15) is 12.8 Å². The van der Waals surface area contributed by atoms with Gasteiger partial charge in [0, 0.05) is 30.6 Å². The number of fused-ring (bicyclic) bond motifs is 1. The maximum Gasteiger partial charge on any atom is 0.262 e. The molecule has 24 heavy (non-hydrogen) atoms. The zero-order chi connectivity index (χ0) is 17.3. The molecule has 6 heteroatoms. The Morgan fingerprint density at radius 2 is 1.58 bits per heavy atom. The highest BCUT2D eigenvalue weighted by atomic mass is 32.2. The van der Waals surface area contributed by atoms with Crippen LogP contribution in [0.3, 0.4) is 0 Å². The monoisotopic (exact) mass is 344 g/mol. The molecule has 0 unspecified atom stereocenters. The Labute approximate surface area is 140 Å². The van der Waals surface area contributed by atoms with Gasteiger partial charge < -0.3 is 4.90 Å². The smallest absolute Gasteiger partial charge is 0.262 e. The van der Waals surface area contributed by atoms with E-state index in [0.717, 1.165) is 17.1 Å². The first-order valence-electron chi connectivity index (χ1n) is 7.36. The van der Waals surface area contributed by atoms with Crippen LogP contribution in [0.15, 0.2) is 65.6 Å². The number of halogens is 1. The van der Waals surface area contributed by atoms with Crippen molar-refractivity contribution in [3.05, 3.63) is 66.5 Å². The summed E-state index contributed by atoms with van der Waals surface area (Å²) in [6.45, 7) is 0. The number of rotatable bonds is 4. The maximum absolute atomic E-state index is 13.3. The van der Waals surface area contributed by atoms with Crippen molar-refractivity contribution in [2.75, 3.05) is 23.7 Å². The summed E-state index contributed by atoms with van der Waals surface area (Å²) in [6, 6.07) is 16.0. The average Bonchev–Trinajstić information content (AvgIpc) is 2.53. The molecule has 0 radical (unpaired) electrons. The lowest BCUT2D eigenvalue weighted by atomic mass is 10.1. The number of anilines is 2. The minimum Gasteiger partial charge on any atom is -0.377 e. The fourth-order valence-corrected chi connectivity index (χ4v) is 3.92. The van der Waals surface area contributed by atoms with Crippen LogP contribution in [0, 0.1) is 5.82 Å². The number of nitrogens with zero attached hydrogens (tertiary/aromatic N) is 1. The molecule has 0 aliphatic rings. The van der Waals surface area contributed by atoms with Crippen LogP contribution in [0.2, 0.25) is 0 Å². The van der Waals surface area contributed by atoms with Crippen molar-refractivity contribution >= 4 is 32.2 Å². The molecule has 0 spiro atoms. The van der Waals surface area contributed by atoms with E-state index in [1.807, 2.05) is 37.2 Å². The second-order valence-corrected chi connectivity index (χ2v) is 7.29. The molecule has 0 amide bonds. The first kappa shape index (κ1) is 16.3. The zero-order valence-electron chi connectivity index (χ0n) is 13.3. The zero-order valence-corrected chi connectivity index (χ0v) is 14.1. The summed E-state index contributed by atoms with van der Waals surface area (Å²) in [4.78, 5) is 2.09. The molecule has 0 fully saturated rings. The topological polar surface area (TPSA) is 49.4 Å². The van der Waals surface area contributed by atoms with E-state index in [4.69, 9.17) is 0 Å². The van der Waals surface area contributed by atoms with Crippen LogP contribution in [-0.4, -0.2) is 22.5 Å². The van der Waals surface area contributed by atoms with E-state index in [-0.39, 0.29) is 10.6 Å². The van der Waals surface area contributed by atoms with E-state index in [0.29, 0.717) is 5.39 Å². The van der Waals surface area contributed by atoms with Crippen molar-refractivity contribution in [3.8, 4) is 0 Å². The van der Waals surface area contributed by atoms with E-state index in [1.165, 1.54) is 18.2 Å². The van der Waals surface area contributed by atoms with Gasteiger partial charge in [-0.1, -0.05) is 30.3 Å². The van der Waals surface area contributed by atoms with Gasteiger partial charge in [0.25, 0.3) is 10.0 Å². The minimum absolute atomic E-state index is 0.160. The highest BCUT2D eigenvalue weighted by molar-refractivity contribution is 7.93. The van der Waals surface area contributed by atoms with E-state index < -0.39 is 15.8 Å². The quantitative estimate of drug-likeness (QED) is 0.782. The highest BCUT2D eigenvalue weighted by Gasteiger charge is 2.18. The summed E-state index contributed by atoms with van der Waals surface area (Å²) in [5.74, 6) is -0.497. The predicted octanol–water partition coefficient (Wildman–Crippen LogP) is 3.85. The summed E-state index contributed by atoms with van der Waals surface area (Å²) >= 11 is 0. The molecule has 0 aliphatic carbocycles. The summed E-state index contributed by atoms with van der Waals surface area (Å²) in [7, 11) is -0.0269. The minimum atomic E-state index is -3.83. The van der Waals surface area contributed by atoms with E-state index in [2.05, 4.69) is 4.72 Å². The lowest BCUT2D eigenvalue weighted by Gasteiger charge is -2.17. The van der Waals surface area contributed by atoms with Gasteiger partial charge >= 0.3 is 0 Å². The second kappa shape index (κ2) is 6.13. The largest absolute Gasteiger partial charge is 0.377 e. The van der Waals surface area contributed by atoms with Gasteiger partial charge in [0.1, 0.15) is 5.82 Å². The standard InChI is InChI=1S/C18H17FN2O2S/c1-21(2)17-10-4-9-16-15(17)8-5-11-18(16)24(22,23)20-14-7-3-6-13(19)12-14/h3-12,20H,1-2H3. The highest BCUT2D eigenvalue weighted by Crippen LogP contribution is 2.31. The van der Waals surface area contributed by atoms with Crippen molar-refractivity contribution in [2.45, 2.75) is 4.90 Å². The van der Waals surface area contributed by atoms with Crippen LogP contribution in [0.1, 0.15) is 0 Å². The number of nitrogens with one attached hydrogen (secondary N) is 1. The molecule has 0 atom stereocenters. The number of benzene rings is 3. The molecule has 3 rings (SSSR count). The van der Waals surface area contributed by atoms with Crippen LogP contribution in [0.5, 0.6) is 0 Å². The summed E-state index contributed by atoms with van der Waals surface area (Å²) < 4.78 is 41.3. The van der Waals surface area contributed by atoms with Gasteiger partial charge in [-0.15, -0.1) is 0 Å². The van der Waals surface area contributed by atoms with Gasteiger partial charge in [-0.3, -0.25) is 4.72 Å². The third-order valence-corrected chi connectivity index (χ3v) is 5.15. The second-order valence-electron chi connectivity index (χ2n) is 5.64. The molecule has 0 aliphatic heterocycles.